The summed E-state index contributed by atoms with van der Waals surface area (Å²) in [6.45, 7) is -0.362. The number of ether oxygens (including phenoxy) is 1. The van der Waals surface area contributed by atoms with Crippen molar-refractivity contribution in [1.82, 2.24) is 0 Å². The maximum absolute atomic E-state index is 13.7. The van der Waals surface area contributed by atoms with Crippen LogP contribution in [0.2, 0.25) is 0 Å². The van der Waals surface area contributed by atoms with Gasteiger partial charge in [0.25, 0.3) is 11.6 Å². The van der Waals surface area contributed by atoms with Gasteiger partial charge in [-0.3, -0.25) is 14.9 Å². The van der Waals surface area contributed by atoms with Crippen molar-refractivity contribution < 1.29 is 18.8 Å². The number of carbonyl (C=O) groups excluding carboxylic acids is 1. The van der Waals surface area contributed by atoms with Gasteiger partial charge in [0.2, 0.25) is 0 Å². The number of carbonyl (C=O) groups is 1. The van der Waals surface area contributed by atoms with Crippen LogP contribution in [0.25, 0.3) is 11.6 Å². The van der Waals surface area contributed by atoms with Crippen molar-refractivity contribution in [3.63, 3.8) is 0 Å². The number of benzene rings is 3. The summed E-state index contributed by atoms with van der Waals surface area (Å²) in [4.78, 5) is 22.4. The topological polar surface area (TPSA) is 105 Å². The summed E-state index contributed by atoms with van der Waals surface area (Å²) < 4.78 is 19.2. The van der Waals surface area contributed by atoms with Gasteiger partial charge in [-0.05, 0) is 42.0 Å². The number of non-ortho nitro benzene ring substituents is 1. The van der Waals surface area contributed by atoms with E-state index in [-0.39, 0.29) is 23.6 Å². The Balaban J connectivity index is 1.76. The molecule has 154 valence electrons. The van der Waals surface area contributed by atoms with Crippen LogP contribution in [0.4, 0.5) is 15.8 Å². The van der Waals surface area contributed by atoms with Crippen molar-refractivity contribution in [1.29, 1.82) is 5.26 Å². The van der Waals surface area contributed by atoms with Crippen LogP contribution in [0.3, 0.4) is 0 Å². The number of nitrogens with one attached hydrogen (secondary N) is 1. The molecule has 0 spiro atoms. The lowest BCUT2D eigenvalue weighted by Crippen LogP contribution is -2.21. The molecule has 3 aromatic carbocycles. The molecule has 0 unspecified atom stereocenters. The van der Waals surface area contributed by atoms with Gasteiger partial charge in [0, 0.05) is 17.7 Å². The molecule has 3 rings (SSSR count). The van der Waals surface area contributed by atoms with Crippen molar-refractivity contribution in [2.24, 2.45) is 0 Å². The van der Waals surface area contributed by atoms with Crippen molar-refractivity contribution in [2.45, 2.75) is 0 Å². The van der Waals surface area contributed by atoms with E-state index in [1.165, 1.54) is 42.5 Å². The van der Waals surface area contributed by atoms with Crippen LogP contribution in [0.1, 0.15) is 11.1 Å². The van der Waals surface area contributed by atoms with Crippen molar-refractivity contribution >= 4 is 28.9 Å². The Hall–Kier alpha value is -4.51. The van der Waals surface area contributed by atoms with Crippen molar-refractivity contribution in [3.8, 4) is 11.8 Å². The minimum atomic E-state index is -0.555. The maximum atomic E-state index is 13.7. The van der Waals surface area contributed by atoms with Crippen molar-refractivity contribution in [2.75, 3.05) is 11.9 Å². The van der Waals surface area contributed by atoms with Gasteiger partial charge in [0.1, 0.15) is 11.6 Å². The molecule has 1 N–H and O–H groups in total. The van der Waals surface area contributed by atoms with Crippen LogP contribution in [0.5, 0.6) is 5.75 Å². The summed E-state index contributed by atoms with van der Waals surface area (Å²) in [5.41, 5.74) is 1.28. The Morgan fingerprint density at radius 3 is 2.45 bits per heavy atom. The number of amides is 1. The second-order valence-electron chi connectivity index (χ2n) is 6.33. The summed E-state index contributed by atoms with van der Waals surface area (Å²) in [7, 11) is 0. The second-order valence-corrected chi connectivity index (χ2v) is 6.33. The zero-order valence-electron chi connectivity index (χ0n) is 16.1. The monoisotopic (exact) mass is 417 g/mol. The number of nitrogens with zero attached hydrogens (tertiary/aromatic N) is 2. The van der Waals surface area contributed by atoms with E-state index in [1.807, 2.05) is 0 Å². The Kier molecular flexibility index (Phi) is 6.71. The van der Waals surface area contributed by atoms with E-state index in [1.54, 1.807) is 36.4 Å². The molecule has 0 saturated heterocycles. The van der Waals surface area contributed by atoms with E-state index in [0.29, 0.717) is 16.9 Å². The molecule has 0 saturated carbocycles. The largest absolute Gasteiger partial charge is 0.483 e. The molecule has 31 heavy (non-hydrogen) atoms. The molecule has 0 bridgehead atoms. The fraction of sp³-hybridized carbons (Fsp3) is 0.0435. The van der Waals surface area contributed by atoms with Crippen LogP contribution in [-0.4, -0.2) is 17.4 Å². The zero-order chi connectivity index (χ0) is 22.2. The second kappa shape index (κ2) is 9.80. The number of rotatable bonds is 7. The van der Waals surface area contributed by atoms with Gasteiger partial charge in [0.15, 0.2) is 6.61 Å². The van der Waals surface area contributed by atoms with Gasteiger partial charge in [0.05, 0.1) is 22.3 Å². The van der Waals surface area contributed by atoms with E-state index in [9.17, 15) is 24.6 Å². The highest BCUT2D eigenvalue weighted by Gasteiger charge is 2.11. The highest BCUT2D eigenvalue weighted by Crippen LogP contribution is 2.26. The van der Waals surface area contributed by atoms with E-state index in [4.69, 9.17) is 4.74 Å². The summed E-state index contributed by atoms with van der Waals surface area (Å²) in [6.07, 6.45) is 1.56. The molecule has 0 heterocycles. The van der Waals surface area contributed by atoms with Gasteiger partial charge in [-0.25, -0.2) is 4.39 Å². The fourth-order valence-corrected chi connectivity index (χ4v) is 2.72. The third kappa shape index (κ3) is 5.52. The molecule has 1 amide bonds. The number of hydrogen-bond donors (Lipinski definition) is 1. The fourth-order valence-electron chi connectivity index (χ4n) is 2.72. The summed E-state index contributed by atoms with van der Waals surface area (Å²) >= 11 is 0. The van der Waals surface area contributed by atoms with Gasteiger partial charge in [-0.2, -0.15) is 5.26 Å². The van der Waals surface area contributed by atoms with Crippen LogP contribution in [0.15, 0.2) is 72.8 Å². The summed E-state index contributed by atoms with van der Waals surface area (Å²) in [5.74, 6) is -0.749. The molecule has 0 aliphatic rings. The van der Waals surface area contributed by atoms with Gasteiger partial charge in [-0.15, -0.1) is 0 Å². The van der Waals surface area contributed by atoms with Gasteiger partial charge >= 0.3 is 0 Å². The maximum Gasteiger partial charge on any atom is 0.269 e. The predicted molar refractivity (Wildman–Crippen MR) is 114 cm³/mol. The normalized spacial score (nSPS) is 10.8. The van der Waals surface area contributed by atoms with E-state index in [0.717, 1.165) is 0 Å². The quantitative estimate of drug-likeness (QED) is 0.257. The summed E-state index contributed by atoms with van der Waals surface area (Å²) in [5, 5.41) is 22.8. The molecule has 3 aromatic rings. The number of anilines is 1. The Morgan fingerprint density at radius 1 is 1.10 bits per heavy atom. The zero-order valence-corrected chi connectivity index (χ0v) is 16.1. The first kappa shape index (κ1) is 21.2. The molecule has 7 nitrogen and oxygen atoms in total. The van der Waals surface area contributed by atoms with Crippen LogP contribution < -0.4 is 10.1 Å². The Labute approximate surface area is 177 Å². The number of para-hydroxylation sites is 2. The standard InChI is InChI=1S/C23H16FN3O4/c24-20-6-2-3-7-21(20)26-23(28)15-31-22-8-4-1-5-17(22)13-18(14-25)16-9-11-19(12-10-16)27(29)30/h1-13H,15H2,(H,26,28)/b18-13-. The first-order chi connectivity index (χ1) is 15.0. The van der Waals surface area contributed by atoms with Crippen molar-refractivity contribution in [3.05, 3.63) is 99.9 Å². The highest BCUT2D eigenvalue weighted by atomic mass is 19.1. The number of allylic oxidation sites excluding steroid dienone is 1. The van der Waals surface area contributed by atoms with E-state index in [2.05, 4.69) is 11.4 Å². The Bertz CT molecular complexity index is 1180. The lowest BCUT2D eigenvalue weighted by atomic mass is 10.0. The van der Waals surface area contributed by atoms with Gasteiger partial charge in [-0.1, -0.05) is 30.3 Å². The first-order valence-electron chi connectivity index (χ1n) is 9.11. The van der Waals surface area contributed by atoms with Crippen LogP contribution in [0, 0.1) is 27.3 Å². The van der Waals surface area contributed by atoms with Gasteiger partial charge < -0.3 is 10.1 Å². The third-order valence-corrected chi connectivity index (χ3v) is 4.24. The number of nitriles is 1. The smallest absolute Gasteiger partial charge is 0.269 e. The number of nitro groups is 1. The van der Waals surface area contributed by atoms with E-state index >= 15 is 0 Å². The summed E-state index contributed by atoms with van der Waals surface area (Å²) in [6, 6.07) is 20.2. The lowest BCUT2D eigenvalue weighted by molar-refractivity contribution is -0.384. The highest BCUT2D eigenvalue weighted by molar-refractivity contribution is 5.93. The molecule has 0 aliphatic carbocycles. The molecule has 0 atom stereocenters. The average molecular weight is 417 g/mol. The number of nitro benzene ring substituents is 1. The minimum absolute atomic E-state index is 0.0502. The molecular formula is C23H16FN3O4. The first-order valence-corrected chi connectivity index (χ1v) is 9.11. The molecule has 0 aromatic heterocycles. The lowest BCUT2D eigenvalue weighted by Gasteiger charge is -2.10. The molecule has 8 heteroatoms. The van der Waals surface area contributed by atoms with E-state index < -0.39 is 16.6 Å². The number of hydrogen-bond acceptors (Lipinski definition) is 5. The Morgan fingerprint density at radius 2 is 1.77 bits per heavy atom. The van der Waals surface area contributed by atoms with Crippen LogP contribution >= 0.6 is 0 Å². The molecule has 0 aliphatic heterocycles. The number of halogens is 1. The minimum Gasteiger partial charge on any atom is -0.483 e. The van der Waals surface area contributed by atoms with Crippen LogP contribution in [-0.2, 0) is 4.79 Å². The molecule has 0 fully saturated rings. The predicted octanol–water partition coefficient (Wildman–Crippen LogP) is 4.82. The molecular weight excluding hydrogens is 401 g/mol. The SMILES string of the molecule is N#C/C(=C/c1ccccc1OCC(=O)Nc1ccccc1F)c1ccc([N+](=O)[O-])cc1. The third-order valence-electron chi connectivity index (χ3n) is 4.24. The molecule has 0 radical (unpaired) electrons. The average Bonchev–Trinajstić information content (AvgIpc) is 2.78.